The quantitative estimate of drug-likeness (QED) is 0.357. The summed E-state index contributed by atoms with van der Waals surface area (Å²) in [6.45, 7) is 6.13. The van der Waals surface area contributed by atoms with E-state index in [0.29, 0.717) is 28.3 Å². The largest absolute Gasteiger partial charge is 0.460 e. The van der Waals surface area contributed by atoms with Gasteiger partial charge in [0, 0.05) is 5.56 Å². The third kappa shape index (κ3) is 4.58. The Hall–Kier alpha value is -3.73. The zero-order valence-corrected chi connectivity index (χ0v) is 19.1. The molecule has 5 heteroatoms. The number of para-hydroxylation sites is 1. The molecule has 5 nitrogen and oxygen atoms in total. The standard InChI is InChI=1S/C28H27NO4/c1-18(2)16-20-12-14-21(15-13-20)19(3)28(32)33-17-22-8-4-7-11-25(22)29-26(30)23-9-5-6-10-24(23)27(29)31/h4-15,18-19H,16-17H2,1-3H3. The third-order valence-electron chi connectivity index (χ3n) is 5.87. The molecule has 4 rings (SSSR count). The Labute approximate surface area is 194 Å². The number of fused-ring (bicyclic) bond motifs is 1. The van der Waals surface area contributed by atoms with Gasteiger partial charge in [-0.3, -0.25) is 14.4 Å². The molecule has 0 spiro atoms. The summed E-state index contributed by atoms with van der Waals surface area (Å²) in [5, 5.41) is 0. The van der Waals surface area contributed by atoms with E-state index in [4.69, 9.17) is 4.74 Å². The number of amides is 2. The predicted molar refractivity (Wildman–Crippen MR) is 127 cm³/mol. The molecule has 168 valence electrons. The monoisotopic (exact) mass is 441 g/mol. The van der Waals surface area contributed by atoms with Crippen LogP contribution in [0.2, 0.25) is 0 Å². The first-order valence-electron chi connectivity index (χ1n) is 11.2. The molecule has 0 radical (unpaired) electrons. The van der Waals surface area contributed by atoms with Crippen LogP contribution in [0.3, 0.4) is 0 Å². The summed E-state index contributed by atoms with van der Waals surface area (Å²) in [6.07, 6.45) is 0.994. The second kappa shape index (κ2) is 9.41. The van der Waals surface area contributed by atoms with E-state index in [1.807, 2.05) is 19.1 Å². The van der Waals surface area contributed by atoms with Gasteiger partial charge in [0.05, 0.1) is 22.7 Å². The van der Waals surface area contributed by atoms with Crippen LogP contribution in [-0.4, -0.2) is 17.8 Å². The average Bonchev–Trinajstić information content (AvgIpc) is 3.07. The van der Waals surface area contributed by atoms with Crippen LogP contribution in [0.1, 0.15) is 64.1 Å². The molecule has 3 aromatic rings. The van der Waals surface area contributed by atoms with Gasteiger partial charge < -0.3 is 4.74 Å². The number of nitrogens with zero attached hydrogens (tertiary/aromatic N) is 1. The highest BCUT2D eigenvalue weighted by Crippen LogP contribution is 2.31. The Morgan fingerprint density at radius 3 is 2.00 bits per heavy atom. The number of imide groups is 1. The van der Waals surface area contributed by atoms with Crippen LogP contribution in [0.4, 0.5) is 5.69 Å². The fourth-order valence-corrected chi connectivity index (χ4v) is 4.08. The van der Waals surface area contributed by atoms with Crippen molar-refractivity contribution in [1.82, 2.24) is 0 Å². The fraction of sp³-hybridized carbons (Fsp3) is 0.250. The number of ether oxygens (including phenoxy) is 1. The molecule has 1 heterocycles. The second-order valence-corrected chi connectivity index (χ2v) is 8.79. The predicted octanol–water partition coefficient (Wildman–Crippen LogP) is 5.53. The Morgan fingerprint density at radius 2 is 1.39 bits per heavy atom. The highest BCUT2D eigenvalue weighted by molar-refractivity contribution is 6.34. The second-order valence-electron chi connectivity index (χ2n) is 8.79. The van der Waals surface area contributed by atoms with E-state index in [0.717, 1.165) is 16.9 Å². The summed E-state index contributed by atoms with van der Waals surface area (Å²) in [5.41, 5.74) is 3.92. The maximum atomic E-state index is 12.9. The Kier molecular flexibility index (Phi) is 6.40. The van der Waals surface area contributed by atoms with Crippen LogP contribution in [-0.2, 0) is 22.6 Å². The average molecular weight is 442 g/mol. The van der Waals surface area contributed by atoms with Gasteiger partial charge in [-0.2, -0.15) is 0 Å². The molecule has 3 aromatic carbocycles. The summed E-state index contributed by atoms with van der Waals surface area (Å²) in [7, 11) is 0. The Balaban J connectivity index is 1.47. The van der Waals surface area contributed by atoms with Crippen molar-refractivity contribution in [2.24, 2.45) is 5.92 Å². The molecule has 0 saturated carbocycles. The van der Waals surface area contributed by atoms with Crippen LogP contribution in [0.25, 0.3) is 0 Å². The van der Waals surface area contributed by atoms with Crippen molar-refractivity contribution in [3.63, 3.8) is 0 Å². The number of carbonyl (C=O) groups excluding carboxylic acids is 3. The highest BCUT2D eigenvalue weighted by Gasteiger charge is 2.37. The molecule has 2 amide bonds. The van der Waals surface area contributed by atoms with E-state index in [1.165, 1.54) is 5.56 Å². The summed E-state index contributed by atoms with van der Waals surface area (Å²) in [6, 6.07) is 21.8. The lowest BCUT2D eigenvalue weighted by molar-refractivity contribution is -0.146. The molecule has 33 heavy (non-hydrogen) atoms. The minimum absolute atomic E-state index is 0.0296. The number of hydrogen-bond acceptors (Lipinski definition) is 4. The van der Waals surface area contributed by atoms with Gasteiger partial charge in [-0.05, 0) is 48.6 Å². The highest BCUT2D eigenvalue weighted by atomic mass is 16.5. The van der Waals surface area contributed by atoms with Crippen LogP contribution in [0, 0.1) is 5.92 Å². The molecule has 0 bridgehead atoms. The number of hydrogen-bond donors (Lipinski definition) is 0. The lowest BCUT2D eigenvalue weighted by atomic mass is 9.97. The fourth-order valence-electron chi connectivity index (χ4n) is 4.08. The molecule has 1 atom stereocenters. The van der Waals surface area contributed by atoms with E-state index < -0.39 is 5.92 Å². The molecule has 0 saturated heterocycles. The van der Waals surface area contributed by atoms with Crippen molar-refractivity contribution >= 4 is 23.5 Å². The molecule has 1 unspecified atom stereocenters. The van der Waals surface area contributed by atoms with E-state index >= 15 is 0 Å². The number of esters is 1. The van der Waals surface area contributed by atoms with E-state index in [2.05, 4.69) is 26.0 Å². The first-order chi connectivity index (χ1) is 15.9. The van der Waals surface area contributed by atoms with Gasteiger partial charge >= 0.3 is 5.97 Å². The summed E-state index contributed by atoms with van der Waals surface area (Å²) >= 11 is 0. The minimum Gasteiger partial charge on any atom is -0.460 e. The van der Waals surface area contributed by atoms with Gasteiger partial charge in [0.15, 0.2) is 0 Å². The molecule has 1 aliphatic heterocycles. The third-order valence-corrected chi connectivity index (χ3v) is 5.87. The number of benzene rings is 3. The van der Waals surface area contributed by atoms with E-state index in [1.54, 1.807) is 48.5 Å². The van der Waals surface area contributed by atoms with Crippen LogP contribution < -0.4 is 4.90 Å². The van der Waals surface area contributed by atoms with Gasteiger partial charge in [0.2, 0.25) is 0 Å². The summed E-state index contributed by atoms with van der Waals surface area (Å²) in [4.78, 5) is 39.7. The smallest absolute Gasteiger partial charge is 0.313 e. The van der Waals surface area contributed by atoms with Crippen LogP contribution in [0.15, 0.2) is 72.8 Å². The van der Waals surface area contributed by atoms with Crippen molar-refractivity contribution in [2.45, 2.75) is 39.7 Å². The molecule has 0 aliphatic carbocycles. The zero-order valence-electron chi connectivity index (χ0n) is 19.1. The summed E-state index contributed by atoms with van der Waals surface area (Å²) < 4.78 is 5.60. The molecule has 1 aliphatic rings. The maximum absolute atomic E-state index is 12.9. The van der Waals surface area contributed by atoms with Crippen LogP contribution >= 0.6 is 0 Å². The molecule has 0 fully saturated rings. The SMILES string of the molecule is CC(C)Cc1ccc(C(C)C(=O)OCc2ccccc2N2C(=O)c3ccccc3C2=O)cc1. The van der Waals surface area contributed by atoms with Gasteiger partial charge in [0.25, 0.3) is 11.8 Å². The van der Waals surface area contributed by atoms with Gasteiger partial charge in [-0.25, -0.2) is 4.90 Å². The molecule has 0 aromatic heterocycles. The van der Waals surface area contributed by atoms with Gasteiger partial charge in [0.1, 0.15) is 6.61 Å². The first-order valence-corrected chi connectivity index (χ1v) is 11.2. The summed E-state index contributed by atoms with van der Waals surface area (Å²) in [5.74, 6) is -0.956. The topological polar surface area (TPSA) is 63.7 Å². The molecular formula is C28H27NO4. The first kappa shape index (κ1) is 22.5. The number of anilines is 1. The number of rotatable bonds is 7. The normalized spacial score (nSPS) is 13.9. The Bertz CT molecular complexity index is 1160. The van der Waals surface area contributed by atoms with Crippen molar-refractivity contribution in [1.29, 1.82) is 0 Å². The number of carbonyl (C=O) groups is 3. The van der Waals surface area contributed by atoms with E-state index in [-0.39, 0.29) is 24.4 Å². The van der Waals surface area contributed by atoms with Crippen molar-refractivity contribution in [3.8, 4) is 0 Å². The van der Waals surface area contributed by atoms with E-state index in [9.17, 15) is 14.4 Å². The minimum atomic E-state index is -0.426. The lowest BCUT2D eigenvalue weighted by Crippen LogP contribution is -2.30. The van der Waals surface area contributed by atoms with Gasteiger partial charge in [-0.1, -0.05) is 68.4 Å². The lowest BCUT2D eigenvalue weighted by Gasteiger charge is -2.19. The maximum Gasteiger partial charge on any atom is 0.313 e. The van der Waals surface area contributed by atoms with Crippen molar-refractivity contribution in [2.75, 3.05) is 4.90 Å². The molecule has 0 N–H and O–H groups in total. The van der Waals surface area contributed by atoms with Crippen LogP contribution in [0.5, 0.6) is 0 Å². The zero-order chi connectivity index (χ0) is 23.5. The molecular weight excluding hydrogens is 414 g/mol. The van der Waals surface area contributed by atoms with Gasteiger partial charge in [-0.15, -0.1) is 0 Å². The Morgan fingerprint density at radius 1 is 0.818 bits per heavy atom. The van der Waals surface area contributed by atoms with Crippen molar-refractivity contribution in [3.05, 3.63) is 101 Å². The van der Waals surface area contributed by atoms with Crippen molar-refractivity contribution < 1.29 is 19.1 Å².